The summed E-state index contributed by atoms with van der Waals surface area (Å²) in [6, 6.07) is 0. The van der Waals surface area contributed by atoms with Crippen molar-refractivity contribution in [3.05, 3.63) is 0 Å². The van der Waals surface area contributed by atoms with Crippen LogP contribution in [0.2, 0.25) is 0 Å². The van der Waals surface area contributed by atoms with Gasteiger partial charge in [0.05, 0.1) is 11.1 Å². The molecule has 0 amide bonds. The third kappa shape index (κ3) is 2.76. The fourth-order valence-corrected chi connectivity index (χ4v) is 2.98. The van der Waals surface area contributed by atoms with Crippen molar-refractivity contribution in [3.63, 3.8) is 0 Å². The minimum absolute atomic E-state index is 0.0619. The van der Waals surface area contributed by atoms with Crippen LogP contribution in [0.25, 0.3) is 0 Å². The van der Waals surface area contributed by atoms with Crippen LogP contribution >= 0.6 is 0 Å². The van der Waals surface area contributed by atoms with Crippen LogP contribution < -0.4 is 5.73 Å². The molecule has 2 fully saturated rings. The first-order valence-electron chi connectivity index (χ1n) is 7.04. The van der Waals surface area contributed by atoms with Crippen LogP contribution in [-0.4, -0.2) is 36.7 Å². The molecule has 0 aliphatic carbocycles. The summed E-state index contributed by atoms with van der Waals surface area (Å²) in [6.45, 7) is 5.99. The van der Waals surface area contributed by atoms with Gasteiger partial charge in [0.2, 0.25) is 0 Å². The van der Waals surface area contributed by atoms with Crippen LogP contribution in [0.4, 0.5) is 0 Å². The summed E-state index contributed by atoms with van der Waals surface area (Å²) >= 11 is 0. The Morgan fingerprint density at radius 3 is 2.67 bits per heavy atom. The van der Waals surface area contributed by atoms with Gasteiger partial charge in [-0.1, -0.05) is 6.92 Å². The van der Waals surface area contributed by atoms with Crippen molar-refractivity contribution in [3.8, 4) is 0 Å². The van der Waals surface area contributed by atoms with Gasteiger partial charge < -0.3 is 15.2 Å². The lowest BCUT2D eigenvalue weighted by molar-refractivity contribution is -0.159. The molecule has 4 nitrogen and oxygen atoms in total. The third-order valence-corrected chi connectivity index (χ3v) is 4.57. The second-order valence-electron chi connectivity index (χ2n) is 5.97. The number of rotatable bonds is 3. The summed E-state index contributed by atoms with van der Waals surface area (Å²) in [4.78, 5) is 12.5. The standard InChI is InChI=1S/C14H25NO3/c1-3-13(2,15)12(16)11-4-7-18-14(10-11)5-8-17-9-6-14/h11H,3-10,15H2,1-2H3. The van der Waals surface area contributed by atoms with Gasteiger partial charge in [0.1, 0.15) is 0 Å². The number of hydrogen-bond acceptors (Lipinski definition) is 4. The summed E-state index contributed by atoms with van der Waals surface area (Å²) in [5.74, 6) is 0.269. The molecule has 2 unspecified atom stereocenters. The number of carbonyl (C=O) groups excluding carboxylic acids is 1. The normalized spacial score (nSPS) is 30.9. The van der Waals surface area contributed by atoms with E-state index in [9.17, 15) is 4.79 Å². The predicted octanol–water partition coefficient (Wildman–Crippen LogP) is 1.66. The minimum Gasteiger partial charge on any atom is -0.381 e. The van der Waals surface area contributed by atoms with E-state index >= 15 is 0 Å². The Hall–Kier alpha value is -0.450. The van der Waals surface area contributed by atoms with Crippen LogP contribution in [0, 0.1) is 5.92 Å². The number of Topliss-reactive ketones (excluding diaryl/α,β-unsaturated/α-hetero) is 1. The van der Waals surface area contributed by atoms with E-state index in [0.29, 0.717) is 13.0 Å². The Morgan fingerprint density at radius 2 is 2.06 bits per heavy atom. The zero-order chi connectivity index (χ0) is 13.2. The van der Waals surface area contributed by atoms with Crippen LogP contribution in [-0.2, 0) is 14.3 Å². The monoisotopic (exact) mass is 255 g/mol. The Kier molecular flexibility index (Phi) is 4.09. The molecule has 4 heteroatoms. The van der Waals surface area contributed by atoms with Crippen LogP contribution in [0.1, 0.15) is 46.0 Å². The van der Waals surface area contributed by atoms with Gasteiger partial charge >= 0.3 is 0 Å². The highest BCUT2D eigenvalue weighted by molar-refractivity contribution is 5.89. The van der Waals surface area contributed by atoms with E-state index in [1.54, 1.807) is 0 Å². The van der Waals surface area contributed by atoms with Crippen molar-refractivity contribution in [2.45, 2.75) is 57.1 Å². The molecule has 2 heterocycles. The first-order valence-corrected chi connectivity index (χ1v) is 7.04. The molecule has 0 radical (unpaired) electrons. The maximum atomic E-state index is 12.5. The molecule has 0 bridgehead atoms. The lowest BCUT2D eigenvalue weighted by Crippen LogP contribution is -2.52. The SMILES string of the molecule is CCC(C)(N)C(=O)C1CCOC2(CCOCC2)C1. The van der Waals surface area contributed by atoms with Crippen molar-refractivity contribution in [1.29, 1.82) is 0 Å². The molecule has 2 saturated heterocycles. The van der Waals surface area contributed by atoms with E-state index in [1.165, 1.54) is 0 Å². The van der Waals surface area contributed by atoms with Gasteiger partial charge in [-0.3, -0.25) is 4.79 Å². The Labute approximate surface area is 109 Å². The molecule has 2 aliphatic heterocycles. The molecule has 2 aliphatic rings. The lowest BCUT2D eigenvalue weighted by atomic mass is 9.74. The minimum atomic E-state index is -0.686. The highest BCUT2D eigenvalue weighted by atomic mass is 16.5. The van der Waals surface area contributed by atoms with Gasteiger partial charge in [-0.05, 0) is 39.0 Å². The summed E-state index contributed by atoms with van der Waals surface area (Å²) < 4.78 is 11.4. The van der Waals surface area contributed by atoms with E-state index in [-0.39, 0.29) is 17.3 Å². The molecular formula is C14H25NO3. The molecule has 0 aromatic rings. The van der Waals surface area contributed by atoms with Gasteiger partial charge in [-0.15, -0.1) is 0 Å². The highest BCUT2D eigenvalue weighted by Gasteiger charge is 2.43. The third-order valence-electron chi connectivity index (χ3n) is 4.57. The predicted molar refractivity (Wildman–Crippen MR) is 69.4 cm³/mol. The van der Waals surface area contributed by atoms with Crippen molar-refractivity contribution >= 4 is 5.78 Å². The number of carbonyl (C=O) groups is 1. The molecule has 1 spiro atoms. The molecule has 0 aromatic heterocycles. The smallest absolute Gasteiger partial charge is 0.155 e. The van der Waals surface area contributed by atoms with Crippen molar-refractivity contribution in [2.75, 3.05) is 19.8 Å². The Bertz CT molecular complexity index is 303. The molecule has 0 saturated carbocycles. The highest BCUT2D eigenvalue weighted by Crippen LogP contribution is 2.38. The van der Waals surface area contributed by atoms with E-state index in [1.807, 2.05) is 13.8 Å². The second-order valence-corrected chi connectivity index (χ2v) is 5.97. The first kappa shape index (κ1) is 14.0. The summed E-state index contributed by atoms with van der Waals surface area (Å²) in [6.07, 6.45) is 4.14. The summed E-state index contributed by atoms with van der Waals surface area (Å²) in [5.41, 5.74) is 5.28. The van der Waals surface area contributed by atoms with Crippen LogP contribution in [0.5, 0.6) is 0 Å². The van der Waals surface area contributed by atoms with Crippen molar-refractivity contribution < 1.29 is 14.3 Å². The van der Waals surface area contributed by atoms with Crippen molar-refractivity contribution in [2.24, 2.45) is 11.7 Å². The average Bonchev–Trinajstić information content (AvgIpc) is 2.39. The number of hydrogen-bond donors (Lipinski definition) is 1. The average molecular weight is 255 g/mol. The van der Waals surface area contributed by atoms with E-state index in [0.717, 1.165) is 38.9 Å². The van der Waals surface area contributed by atoms with Crippen molar-refractivity contribution in [1.82, 2.24) is 0 Å². The van der Waals surface area contributed by atoms with Crippen LogP contribution in [0.15, 0.2) is 0 Å². The Balaban J connectivity index is 2.04. The number of ether oxygens (including phenoxy) is 2. The van der Waals surface area contributed by atoms with E-state index in [4.69, 9.17) is 15.2 Å². The summed E-state index contributed by atoms with van der Waals surface area (Å²) in [5, 5.41) is 0. The van der Waals surface area contributed by atoms with E-state index < -0.39 is 5.54 Å². The zero-order valence-electron chi connectivity index (χ0n) is 11.5. The molecule has 2 rings (SSSR count). The fraction of sp³-hybridized carbons (Fsp3) is 0.929. The van der Waals surface area contributed by atoms with Gasteiger partial charge in [-0.25, -0.2) is 0 Å². The maximum Gasteiger partial charge on any atom is 0.155 e. The zero-order valence-corrected chi connectivity index (χ0v) is 11.5. The fourth-order valence-electron chi connectivity index (χ4n) is 2.98. The first-order chi connectivity index (χ1) is 8.49. The second kappa shape index (κ2) is 5.27. The molecule has 2 atom stereocenters. The quantitative estimate of drug-likeness (QED) is 0.833. The largest absolute Gasteiger partial charge is 0.381 e. The number of nitrogens with two attached hydrogens (primary N) is 1. The maximum absolute atomic E-state index is 12.5. The Morgan fingerprint density at radius 1 is 1.39 bits per heavy atom. The topological polar surface area (TPSA) is 61.6 Å². The molecule has 18 heavy (non-hydrogen) atoms. The van der Waals surface area contributed by atoms with Gasteiger partial charge in [0.25, 0.3) is 0 Å². The lowest BCUT2D eigenvalue weighted by Gasteiger charge is -2.44. The molecule has 0 aromatic carbocycles. The van der Waals surface area contributed by atoms with Gasteiger partial charge in [-0.2, -0.15) is 0 Å². The molecule has 2 N–H and O–H groups in total. The van der Waals surface area contributed by atoms with Crippen LogP contribution in [0.3, 0.4) is 0 Å². The van der Waals surface area contributed by atoms with Gasteiger partial charge in [0, 0.05) is 25.7 Å². The number of ketones is 1. The van der Waals surface area contributed by atoms with E-state index in [2.05, 4.69) is 0 Å². The summed E-state index contributed by atoms with van der Waals surface area (Å²) in [7, 11) is 0. The van der Waals surface area contributed by atoms with Gasteiger partial charge in [0.15, 0.2) is 5.78 Å². The molecular weight excluding hydrogens is 230 g/mol. The molecule has 104 valence electrons.